The average Bonchev–Trinajstić information content (AvgIpc) is 2.62. The molecular weight excluding hydrogens is 383 g/mol. The number of carbonyl (C=O) groups excluding carboxylic acids is 2. The first-order chi connectivity index (χ1) is 13.6. The minimum absolute atomic E-state index is 0.0155. The molecule has 5 nitrogen and oxygen atoms in total. The lowest BCUT2D eigenvalue weighted by Crippen LogP contribution is -2.46. The van der Waals surface area contributed by atoms with Crippen molar-refractivity contribution in [1.82, 2.24) is 10.6 Å². The van der Waals surface area contributed by atoms with Crippen molar-refractivity contribution in [2.75, 3.05) is 5.32 Å². The van der Waals surface area contributed by atoms with Crippen molar-refractivity contribution in [1.29, 1.82) is 0 Å². The lowest BCUT2D eigenvalue weighted by atomic mass is 9.90. The molecule has 2 aromatic carbocycles. The molecule has 0 spiro atoms. The molecule has 3 amide bonds. The number of amides is 3. The van der Waals surface area contributed by atoms with Crippen LogP contribution in [0.3, 0.4) is 0 Å². The molecule has 0 fully saturated rings. The highest BCUT2D eigenvalue weighted by Crippen LogP contribution is 2.32. The molecule has 2 aromatic rings. The number of benzene rings is 2. The van der Waals surface area contributed by atoms with Crippen LogP contribution in [0.2, 0.25) is 0 Å². The van der Waals surface area contributed by atoms with E-state index in [1.165, 1.54) is 12.1 Å². The SMILES string of the molecule is CC1=C(C(=O)Nc2cccc(C(F)(F)F)c2)[C@@H](c2cc(C)ccc2C)NC(=O)N1. The van der Waals surface area contributed by atoms with Gasteiger partial charge in [-0.05, 0) is 50.1 Å². The Labute approximate surface area is 166 Å². The number of halogens is 3. The van der Waals surface area contributed by atoms with Gasteiger partial charge in [0.05, 0.1) is 17.2 Å². The number of alkyl halides is 3. The van der Waals surface area contributed by atoms with Gasteiger partial charge in [0.1, 0.15) is 0 Å². The lowest BCUT2D eigenvalue weighted by molar-refractivity contribution is -0.137. The van der Waals surface area contributed by atoms with Gasteiger partial charge in [0.15, 0.2) is 0 Å². The van der Waals surface area contributed by atoms with Crippen molar-refractivity contribution in [2.45, 2.75) is 33.0 Å². The fourth-order valence-electron chi connectivity index (χ4n) is 3.27. The van der Waals surface area contributed by atoms with Crippen LogP contribution in [0.5, 0.6) is 0 Å². The quantitative estimate of drug-likeness (QED) is 0.702. The van der Waals surface area contributed by atoms with E-state index < -0.39 is 29.7 Å². The van der Waals surface area contributed by atoms with Crippen molar-refractivity contribution in [3.8, 4) is 0 Å². The highest BCUT2D eigenvalue weighted by Gasteiger charge is 2.33. The van der Waals surface area contributed by atoms with Crippen molar-refractivity contribution in [3.63, 3.8) is 0 Å². The van der Waals surface area contributed by atoms with E-state index in [9.17, 15) is 22.8 Å². The third kappa shape index (κ3) is 4.42. The van der Waals surface area contributed by atoms with E-state index in [0.717, 1.165) is 28.8 Å². The first-order valence-corrected chi connectivity index (χ1v) is 8.90. The fraction of sp³-hybridized carbons (Fsp3) is 0.238. The van der Waals surface area contributed by atoms with Crippen molar-refractivity contribution in [3.05, 3.63) is 76.0 Å². The highest BCUT2D eigenvalue weighted by molar-refractivity contribution is 6.06. The van der Waals surface area contributed by atoms with Crippen LogP contribution in [0.15, 0.2) is 53.7 Å². The second-order valence-electron chi connectivity index (χ2n) is 6.96. The maximum Gasteiger partial charge on any atom is 0.416 e. The van der Waals surface area contributed by atoms with Gasteiger partial charge in [-0.3, -0.25) is 4.79 Å². The molecular formula is C21H20F3N3O2. The first kappa shape index (κ1) is 20.4. The van der Waals surface area contributed by atoms with Crippen molar-refractivity contribution in [2.24, 2.45) is 0 Å². The van der Waals surface area contributed by atoms with Crippen LogP contribution in [0.4, 0.5) is 23.7 Å². The molecule has 1 aliphatic rings. The topological polar surface area (TPSA) is 70.2 Å². The van der Waals surface area contributed by atoms with Gasteiger partial charge in [-0.25, -0.2) is 4.79 Å². The summed E-state index contributed by atoms with van der Waals surface area (Å²) in [6, 6.07) is 8.90. The summed E-state index contributed by atoms with van der Waals surface area (Å²) < 4.78 is 38.9. The third-order valence-electron chi connectivity index (χ3n) is 4.71. The predicted molar refractivity (Wildman–Crippen MR) is 103 cm³/mol. The van der Waals surface area contributed by atoms with Crippen LogP contribution in [-0.4, -0.2) is 11.9 Å². The second-order valence-corrected chi connectivity index (χ2v) is 6.96. The first-order valence-electron chi connectivity index (χ1n) is 8.90. The predicted octanol–water partition coefficient (Wildman–Crippen LogP) is 4.59. The zero-order valence-corrected chi connectivity index (χ0v) is 16.1. The molecule has 0 aliphatic carbocycles. The average molecular weight is 403 g/mol. The Hall–Kier alpha value is -3.29. The summed E-state index contributed by atoms with van der Waals surface area (Å²) in [5, 5.41) is 7.80. The van der Waals surface area contributed by atoms with Crippen molar-refractivity contribution >= 4 is 17.6 Å². The summed E-state index contributed by atoms with van der Waals surface area (Å²) in [7, 11) is 0. The van der Waals surface area contributed by atoms with Gasteiger partial charge in [-0.15, -0.1) is 0 Å². The Morgan fingerprint density at radius 3 is 2.48 bits per heavy atom. The molecule has 3 rings (SSSR count). The number of aryl methyl sites for hydroxylation is 2. The van der Waals surface area contributed by atoms with Crippen LogP contribution >= 0.6 is 0 Å². The van der Waals surface area contributed by atoms with Crippen LogP contribution in [0, 0.1) is 13.8 Å². The lowest BCUT2D eigenvalue weighted by Gasteiger charge is -2.30. The van der Waals surface area contributed by atoms with E-state index in [1.54, 1.807) is 6.92 Å². The minimum atomic E-state index is -4.52. The number of hydrogen-bond acceptors (Lipinski definition) is 2. The largest absolute Gasteiger partial charge is 0.416 e. The van der Waals surface area contributed by atoms with E-state index in [-0.39, 0.29) is 11.3 Å². The van der Waals surface area contributed by atoms with Crippen molar-refractivity contribution < 1.29 is 22.8 Å². The summed E-state index contributed by atoms with van der Waals surface area (Å²) in [6.07, 6.45) is -4.52. The monoisotopic (exact) mass is 403 g/mol. The number of anilines is 1. The molecule has 1 aliphatic heterocycles. The van der Waals surface area contributed by atoms with Gasteiger partial charge < -0.3 is 16.0 Å². The number of nitrogens with one attached hydrogen (secondary N) is 3. The van der Waals surface area contributed by atoms with Gasteiger partial charge in [0.25, 0.3) is 5.91 Å². The number of hydrogen-bond donors (Lipinski definition) is 3. The standard InChI is InChI=1S/C21H20F3N3O2/c1-11-7-8-12(2)16(9-11)18-17(13(3)25-20(29)27-18)19(28)26-15-6-4-5-14(10-15)21(22,23)24/h4-10,18H,1-3H3,(H,26,28)(H2,25,27,29)/t18-/m1/s1. The Kier molecular flexibility index (Phi) is 5.37. The fourth-order valence-corrected chi connectivity index (χ4v) is 3.27. The van der Waals surface area contributed by atoms with E-state index in [0.29, 0.717) is 5.70 Å². The summed E-state index contributed by atoms with van der Waals surface area (Å²) >= 11 is 0. The van der Waals surface area contributed by atoms with Crippen LogP contribution < -0.4 is 16.0 Å². The summed E-state index contributed by atoms with van der Waals surface area (Å²) in [6.45, 7) is 5.34. The summed E-state index contributed by atoms with van der Waals surface area (Å²) in [5.74, 6) is -0.597. The molecule has 0 unspecified atom stereocenters. The van der Waals surface area contributed by atoms with Crippen LogP contribution in [-0.2, 0) is 11.0 Å². The molecule has 152 valence electrons. The molecule has 3 N–H and O–H groups in total. The molecule has 0 saturated heterocycles. The number of rotatable bonds is 3. The Morgan fingerprint density at radius 1 is 1.07 bits per heavy atom. The molecule has 0 aromatic heterocycles. The third-order valence-corrected chi connectivity index (χ3v) is 4.71. The van der Waals surface area contributed by atoms with Gasteiger partial charge in [-0.1, -0.05) is 29.8 Å². The van der Waals surface area contributed by atoms with E-state index in [1.807, 2.05) is 32.0 Å². The molecule has 0 bridgehead atoms. The van der Waals surface area contributed by atoms with Gasteiger partial charge >= 0.3 is 12.2 Å². The number of urea groups is 1. The Morgan fingerprint density at radius 2 is 1.79 bits per heavy atom. The molecule has 0 radical (unpaired) electrons. The van der Waals surface area contributed by atoms with Gasteiger partial charge in [0.2, 0.25) is 0 Å². The second kappa shape index (κ2) is 7.62. The molecule has 1 heterocycles. The Balaban J connectivity index is 1.98. The van der Waals surface area contributed by atoms with Gasteiger partial charge in [-0.2, -0.15) is 13.2 Å². The molecule has 0 saturated carbocycles. The zero-order chi connectivity index (χ0) is 21.3. The zero-order valence-electron chi connectivity index (χ0n) is 16.1. The van der Waals surface area contributed by atoms with Crippen LogP contribution in [0.1, 0.15) is 35.2 Å². The maximum absolute atomic E-state index is 13.0. The van der Waals surface area contributed by atoms with E-state index in [2.05, 4.69) is 16.0 Å². The minimum Gasteiger partial charge on any atom is -0.327 e. The normalized spacial score (nSPS) is 16.9. The number of allylic oxidation sites excluding steroid dienone is 1. The van der Waals surface area contributed by atoms with Gasteiger partial charge in [0, 0.05) is 11.4 Å². The van der Waals surface area contributed by atoms with E-state index in [4.69, 9.17) is 0 Å². The highest BCUT2D eigenvalue weighted by atomic mass is 19.4. The molecule has 1 atom stereocenters. The summed E-state index contributed by atoms with van der Waals surface area (Å²) in [5.41, 5.74) is 2.30. The number of carbonyl (C=O) groups is 2. The molecule has 29 heavy (non-hydrogen) atoms. The summed E-state index contributed by atoms with van der Waals surface area (Å²) in [4.78, 5) is 25.0. The molecule has 8 heteroatoms. The van der Waals surface area contributed by atoms with E-state index >= 15 is 0 Å². The van der Waals surface area contributed by atoms with Crippen LogP contribution in [0.25, 0.3) is 0 Å². The maximum atomic E-state index is 13.0. The smallest absolute Gasteiger partial charge is 0.327 e. The Bertz CT molecular complexity index is 1010.